The summed E-state index contributed by atoms with van der Waals surface area (Å²) in [6, 6.07) is 6.20. The van der Waals surface area contributed by atoms with Crippen molar-refractivity contribution < 1.29 is 0 Å². The summed E-state index contributed by atoms with van der Waals surface area (Å²) >= 11 is 5.97. The van der Waals surface area contributed by atoms with Crippen molar-refractivity contribution in [2.45, 2.75) is 39.5 Å². The van der Waals surface area contributed by atoms with Crippen LogP contribution in [-0.4, -0.2) is 0 Å². The van der Waals surface area contributed by atoms with E-state index < -0.39 is 0 Å². The van der Waals surface area contributed by atoms with Gasteiger partial charge in [0, 0.05) is 5.02 Å². The summed E-state index contributed by atoms with van der Waals surface area (Å²) < 4.78 is 0. The average molecular weight is 197 g/mol. The molecule has 0 atom stereocenters. The van der Waals surface area contributed by atoms with Crippen LogP contribution in [0.1, 0.15) is 50.7 Å². The molecule has 0 amide bonds. The molecule has 0 bridgehead atoms. The van der Waals surface area contributed by atoms with Crippen LogP contribution >= 0.6 is 11.6 Å². The molecule has 0 fully saturated rings. The standard InChI is InChI=1S/C12H17Cl/c1-8(2)11-6-5-10(13)7-12(11)9(3)4/h5-9H,1-4H3. The number of hydrogen-bond donors (Lipinski definition) is 0. The van der Waals surface area contributed by atoms with Gasteiger partial charge in [-0.3, -0.25) is 0 Å². The van der Waals surface area contributed by atoms with Crippen molar-refractivity contribution in [2.75, 3.05) is 0 Å². The fraction of sp³-hybridized carbons (Fsp3) is 0.500. The molecule has 1 heteroatoms. The van der Waals surface area contributed by atoms with Gasteiger partial charge in [-0.25, -0.2) is 0 Å². The summed E-state index contributed by atoms with van der Waals surface area (Å²) in [6.45, 7) is 8.85. The normalized spacial score (nSPS) is 11.3. The summed E-state index contributed by atoms with van der Waals surface area (Å²) in [6.07, 6.45) is 0. The lowest BCUT2D eigenvalue weighted by Crippen LogP contribution is -1.97. The molecule has 1 rings (SSSR count). The van der Waals surface area contributed by atoms with E-state index in [1.54, 1.807) is 0 Å². The second-order valence-electron chi connectivity index (χ2n) is 4.08. The second kappa shape index (κ2) is 4.15. The van der Waals surface area contributed by atoms with E-state index in [9.17, 15) is 0 Å². The molecule has 0 aliphatic heterocycles. The quantitative estimate of drug-likeness (QED) is 0.649. The Morgan fingerprint density at radius 2 is 1.46 bits per heavy atom. The predicted octanol–water partition coefficient (Wildman–Crippen LogP) is 4.59. The van der Waals surface area contributed by atoms with Crippen molar-refractivity contribution in [3.8, 4) is 0 Å². The van der Waals surface area contributed by atoms with Gasteiger partial charge in [0.15, 0.2) is 0 Å². The van der Waals surface area contributed by atoms with Crippen LogP contribution in [0, 0.1) is 0 Å². The molecule has 0 nitrogen and oxygen atoms in total. The van der Waals surface area contributed by atoms with Gasteiger partial charge in [0.1, 0.15) is 0 Å². The van der Waals surface area contributed by atoms with E-state index in [0.29, 0.717) is 11.8 Å². The lowest BCUT2D eigenvalue weighted by molar-refractivity contribution is 0.790. The first-order valence-corrected chi connectivity index (χ1v) is 5.19. The lowest BCUT2D eigenvalue weighted by Gasteiger charge is -2.15. The molecule has 0 saturated carbocycles. The molecule has 1 aromatic rings. The van der Waals surface area contributed by atoms with Gasteiger partial charge >= 0.3 is 0 Å². The highest BCUT2D eigenvalue weighted by molar-refractivity contribution is 6.30. The fourth-order valence-electron chi connectivity index (χ4n) is 1.57. The van der Waals surface area contributed by atoms with E-state index in [0.717, 1.165) is 5.02 Å². The number of hydrogen-bond acceptors (Lipinski definition) is 0. The van der Waals surface area contributed by atoms with Crippen LogP contribution in [0.25, 0.3) is 0 Å². The van der Waals surface area contributed by atoms with Crippen LogP contribution in [0.15, 0.2) is 18.2 Å². The van der Waals surface area contributed by atoms with E-state index in [4.69, 9.17) is 11.6 Å². The van der Waals surface area contributed by atoms with Gasteiger partial charge < -0.3 is 0 Å². The summed E-state index contributed by atoms with van der Waals surface area (Å²) in [5.74, 6) is 1.13. The first-order valence-electron chi connectivity index (χ1n) is 4.81. The SMILES string of the molecule is CC(C)c1ccc(Cl)cc1C(C)C. The Balaban J connectivity index is 3.19. The second-order valence-corrected chi connectivity index (χ2v) is 4.52. The molecule has 0 saturated heterocycles. The van der Waals surface area contributed by atoms with E-state index in [2.05, 4.69) is 39.8 Å². The molecule has 13 heavy (non-hydrogen) atoms. The largest absolute Gasteiger partial charge is 0.0843 e. The minimum atomic E-state index is 0.552. The minimum absolute atomic E-state index is 0.552. The lowest BCUT2D eigenvalue weighted by atomic mass is 9.91. The van der Waals surface area contributed by atoms with E-state index in [1.165, 1.54) is 11.1 Å². The number of benzene rings is 1. The maximum atomic E-state index is 5.97. The molecule has 0 aliphatic rings. The Morgan fingerprint density at radius 3 is 1.92 bits per heavy atom. The van der Waals surface area contributed by atoms with Gasteiger partial charge in [0.25, 0.3) is 0 Å². The van der Waals surface area contributed by atoms with Crippen LogP contribution in [0.4, 0.5) is 0 Å². The van der Waals surface area contributed by atoms with Crippen LogP contribution < -0.4 is 0 Å². The van der Waals surface area contributed by atoms with Crippen LogP contribution in [0.2, 0.25) is 5.02 Å². The first kappa shape index (κ1) is 10.6. The maximum absolute atomic E-state index is 5.97. The number of rotatable bonds is 2. The Kier molecular flexibility index (Phi) is 3.38. The van der Waals surface area contributed by atoms with Gasteiger partial charge in [0.2, 0.25) is 0 Å². The Morgan fingerprint density at radius 1 is 0.923 bits per heavy atom. The molecule has 0 N–H and O–H groups in total. The molecule has 0 radical (unpaired) electrons. The van der Waals surface area contributed by atoms with Gasteiger partial charge in [-0.2, -0.15) is 0 Å². The average Bonchev–Trinajstić information content (AvgIpc) is 2.03. The zero-order chi connectivity index (χ0) is 10.0. The van der Waals surface area contributed by atoms with Crippen molar-refractivity contribution in [3.05, 3.63) is 34.3 Å². The van der Waals surface area contributed by atoms with E-state index in [1.807, 2.05) is 6.07 Å². The van der Waals surface area contributed by atoms with Gasteiger partial charge in [-0.15, -0.1) is 0 Å². The summed E-state index contributed by atoms with van der Waals surface area (Å²) in [4.78, 5) is 0. The molecule has 1 aromatic carbocycles. The molecular weight excluding hydrogens is 180 g/mol. The van der Waals surface area contributed by atoms with Crippen LogP contribution in [-0.2, 0) is 0 Å². The van der Waals surface area contributed by atoms with Crippen LogP contribution in [0.3, 0.4) is 0 Å². The summed E-state index contributed by atoms with van der Waals surface area (Å²) in [5.41, 5.74) is 2.79. The first-order chi connectivity index (χ1) is 6.02. The van der Waals surface area contributed by atoms with E-state index in [-0.39, 0.29) is 0 Å². The third-order valence-electron chi connectivity index (χ3n) is 2.29. The fourth-order valence-corrected chi connectivity index (χ4v) is 1.75. The monoisotopic (exact) mass is 196 g/mol. The summed E-state index contributed by atoms with van der Waals surface area (Å²) in [5, 5.41) is 0.841. The highest BCUT2D eigenvalue weighted by atomic mass is 35.5. The Hall–Kier alpha value is -0.490. The third-order valence-corrected chi connectivity index (χ3v) is 2.53. The molecule has 0 spiro atoms. The highest BCUT2D eigenvalue weighted by Gasteiger charge is 2.09. The zero-order valence-corrected chi connectivity index (χ0v) is 9.52. The zero-order valence-electron chi connectivity index (χ0n) is 8.76. The van der Waals surface area contributed by atoms with Gasteiger partial charge in [0.05, 0.1) is 0 Å². The predicted molar refractivity (Wildman–Crippen MR) is 59.6 cm³/mol. The van der Waals surface area contributed by atoms with Gasteiger partial charge in [-0.1, -0.05) is 45.4 Å². The van der Waals surface area contributed by atoms with Crippen molar-refractivity contribution in [2.24, 2.45) is 0 Å². The topological polar surface area (TPSA) is 0 Å². The molecule has 0 aromatic heterocycles. The molecule has 0 heterocycles. The molecular formula is C12H17Cl. The smallest absolute Gasteiger partial charge is 0.0409 e. The van der Waals surface area contributed by atoms with Crippen molar-refractivity contribution in [1.82, 2.24) is 0 Å². The Labute approximate surface area is 85.9 Å². The Bertz CT molecular complexity index is 287. The van der Waals surface area contributed by atoms with E-state index >= 15 is 0 Å². The molecule has 72 valence electrons. The highest BCUT2D eigenvalue weighted by Crippen LogP contribution is 2.28. The van der Waals surface area contributed by atoms with Crippen molar-refractivity contribution in [1.29, 1.82) is 0 Å². The van der Waals surface area contributed by atoms with Crippen LogP contribution in [0.5, 0.6) is 0 Å². The third kappa shape index (κ3) is 2.47. The van der Waals surface area contributed by atoms with Gasteiger partial charge in [-0.05, 0) is 35.1 Å². The summed E-state index contributed by atoms with van der Waals surface area (Å²) in [7, 11) is 0. The minimum Gasteiger partial charge on any atom is -0.0843 e. The van der Waals surface area contributed by atoms with Crippen molar-refractivity contribution in [3.63, 3.8) is 0 Å². The van der Waals surface area contributed by atoms with Crippen molar-refractivity contribution >= 4 is 11.6 Å². The molecule has 0 aliphatic carbocycles. The maximum Gasteiger partial charge on any atom is 0.0409 e. The molecule has 0 unspecified atom stereocenters. The number of halogens is 1.